The number of rotatable bonds is 4. The zero-order chi connectivity index (χ0) is 13.9. The number of aromatic nitrogens is 4. The second-order valence-electron chi connectivity index (χ2n) is 4.85. The summed E-state index contributed by atoms with van der Waals surface area (Å²) in [5.41, 5.74) is 6.18. The van der Waals surface area contributed by atoms with Crippen LogP contribution in [0, 0.1) is 0 Å². The van der Waals surface area contributed by atoms with Gasteiger partial charge in [0.2, 0.25) is 0 Å². The number of thioether (sulfide) groups is 1. The molecule has 0 aromatic rings. The summed E-state index contributed by atoms with van der Waals surface area (Å²) in [6, 6.07) is 0. The molecule has 1 saturated heterocycles. The molecule has 8 heteroatoms. The van der Waals surface area contributed by atoms with Crippen LogP contribution in [0.15, 0.2) is 12.7 Å². The molecule has 0 radical (unpaired) electrons. The van der Waals surface area contributed by atoms with Gasteiger partial charge in [-0.25, -0.2) is 15.0 Å². The molecule has 3 aliphatic heterocycles. The first kappa shape index (κ1) is 13.6. The molecule has 1 fully saturated rings. The summed E-state index contributed by atoms with van der Waals surface area (Å²) in [6.45, 7) is 3.58. The minimum Gasteiger partial charge on any atom is -0.382 e. The number of anilines is 1. The molecule has 1 unspecified atom stereocenters. The summed E-state index contributed by atoms with van der Waals surface area (Å²) in [6.07, 6.45) is 4.21. The first-order chi connectivity index (χ1) is 9.74. The van der Waals surface area contributed by atoms with Crippen molar-refractivity contribution in [1.29, 1.82) is 0 Å². The number of imidazole rings is 1. The molecule has 0 aromatic carbocycles. The predicted molar refractivity (Wildman–Crippen MR) is 78.4 cm³/mol. The molecule has 0 aliphatic carbocycles. The van der Waals surface area contributed by atoms with E-state index in [1.165, 1.54) is 6.33 Å². The van der Waals surface area contributed by atoms with E-state index in [1.807, 2.05) is 4.57 Å². The summed E-state index contributed by atoms with van der Waals surface area (Å²) in [5.74, 6) is 2.20. The van der Waals surface area contributed by atoms with Gasteiger partial charge in [-0.1, -0.05) is 0 Å². The molecule has 0 bridgehead atoms. The summed E-state index contributed by atoms with van der Waals surface area (Å²) < 4.78 is 1.98. The number of nitrogens with zero attached hydrogens (tertiary/aromatic N) is 5. The molecule has 20 heavy (non-hydrogen) atoms. The Balaban J connectivity index is 1.58. The summed E-state index contributed by atoms with van der Waals surface area (Å²) in [4.78, 5) is 14.8. The van der Waals surface area contributed by atoms with Crippen LogP contribution >= 0.6 is 11.8 Å². The Hall–Kier alpha value is -1.38. The molecule has 1 atom stereocenters. The van der Waals surface area contributed by atoms with E-state index in [9.17, 15) is 5.11 Å². The van der Waals surface area contributed by atoms with Crippen molar-refractivity contribution in [2.75, 3.05) is 31.1 Å². The number of nitrogen functional groups attached to an aromatic ring is 1. The summed E-state index contributed by atoms with van der Waals surface area (Å²) in [5, 5.41) is 9.61. The molecule has 108 valence electrons. The molecule has 3 heterocycles. The topological polar surface area (TPSA) is 93.1 Å². The SMILES string of the molecule is Nc1ncn(CCCN2CCSC(O)C2)c2ncnc1-2. The fraction of sp³-hybridized carbons (Fsp3) is 0.583. The average Bonchev–Trinajstić information content (AvgIpc) is 2.92. The molecule has 3 rings (SSSR count). The maximum absolute atomic E-state index is 9.61. The summed E-state index contributed by atoms with van der Waals surface area (Å²) in [7, 11) is 0. The zero-order valence-electron chi connectivity index (χ0n) is 11.1. The molecular formula is C12H18N6OS. The van der Waals surface area contributed by atoms with E-state index in [4.69, 9.17) is 5.73 Å². The molecule has 7 nitrogen and oxygen atoms in total. The standard InChI is InChI=1S/C12H18N6OS/c13-11-10-12(15-7-14-10)18(8-16-11)3-1-2-17-4-5-20-9(19)6-17/h7-9,19H,1-6,13H2. The van der Waals surface area contributed by atoms with Crippen molar-refractivity contribution in [3.05, 3.63) is 12.7 Å². The molecule has 0 aromatic heterocycles. The Bertz CT molecular complexity index is 547. The zero-order valence-corrected chi connectivity index (χ0v) is 12.0. The van der Waals surface area contributed by atoms with Gasteiger partial charge < -0.3 is 15.4 Å². The minimum absolute atomic E-state index is 0.248. The molecule has 3 aliphatic rings. The van der Waals surface area contributed by atoms with Crippen LogP contribution in [0.3, 0.4) is 0 Å². The molecular weight excluding hydrogens is 276 g/mol. The van der Waals surface area contributed by atoms with Gasteiger partial charge >= 0.3 is 0 Å². The van der Waals surface area contributed by atoms with Crippen LogP contribution in [0.25, 0.3) is 11.5 Å². The fourth-order valence-corrected chi connectivity index (χ4v) is 3.36. The lowest BCUT2D eigenvalue weighted by molar-refractivity contribution is 0.167. The van der Waals surface area contributed by atoms with Crippen molar-refractivity contribution >= 4 is 17.6 Å². The smallest absolute Gasteiger partial charge is 0.165 e. The lowest BCUT2D eigenvalue weighted by Crippen LogP contribution is -2.38. The Morgan fingerprint density at radius 2 is 2.25 bits per heavy atom. The molecule has 0 spiro atoms. The van der Waals surface area contributed by atoms with Gasteiger partial charge in [0.1, 0.15) is 17.5 Å². The van der Waals surface area contributed by atoms with Crippen molar-refractivity contribution < 1.29 is 5.11 Å². The quantitative estimate of drug-likeness (QED) is 0.827. The third-order valence-corrected chi connectivity index (χ3v) is 4.39. The van der Waals surface area contributed by atoms with E-state index in [-0.39, 0.29) is 5.44 Å². The highest BCUT2D eigenvalue weighted by Crippen LogP contribution is 2.21. The Kier molecular flexibility index (Phi) is 4.04. The van der Waals surface area contributed by atoms with Crippen molar-refractivity contribution in [3.63, 3.8) is 0 Å². The van der Waals surface area contributed by atoms with Crippen molar-refractivity contribution in [2.24, 2.45) is 0 Å². The van der Waals surface area contributed by atoms with Gasteiger partial charge in [-0.2, -0.15) is 0 Å². The van der Waals surface area contributed by atoms with Gasteiger partial charge in [-0.15, -0.1) is 11.8 Å². The Morgan fingerprint density at radius 1 is 1.35 bits per heavy atom. The van der Waals surface area contributed by atoms with Crippen LogP contribution in [-0.4, -0.2) is 60.3 Å². The number of aliphatic hydroxyl groups excluding tert-OH is 1. The third-order valence-electron chi connectivity index (χ3n) is 3.44. The lowest BCUT2D eigenvalue weighted by Gasteiger charge is -2.29. The fourth-order valence-electron chi connectivity index (χ4n) is 2.41. The third kappa shape index (κ3) is 2.87. The van der Waals surface area contributed by atoms with E-state index in [0.29, 0.717) is 11.5 Å². The molecule has 0 saturated carbocycles. The second kappa shape index (κ2) is 5.94. The van der Waals surface area contributed by atoms with Crippen molar-refractivity contribution in [3.8, 4) is 11.5 Å². The van der Waals surface area contributed by atoms with Crippen LogP contribution in [-0.2, 0) is 6.54 Å². The highest BCUT2D eigenvalue weighted by molar-refractivity contribution is 7.99. The average molecular weight is 294 g/mol. The second-order valence-corrected chi connectivity index (χ2v) is 6.13. The van der Waals surface area contributed by atoms with E-state index < -0.39 is 0 Å². The number of nitrogens with two attached hydrogens (primary N) is 1. The minimum atomic E-state index is -0.248. The van der Waals surface area contributed by atoms with Gasteiger partial charge in [0.05, 0.1) is 6.33 Å². The number of aryl methyl sites for hydroxylation is 1. The van der Waals surface area contributed by atoms with Crippen molar-refractivity contribution in [2.45, 2.75) is 18.4 Å². The number of hydrogen-bond acceptors (Lipinski definition) is 7. The highest BCUT2D eigenvalue weighted by atomic mass is 32.2. The first-order valence-electron chi connectivity index (χ1n) is 6.67. The lowest BCUT2D eigenvalue weighted by atomic mass is 10.3. The molecule has 0 amide bonds. The maximum Gasteiger partial charge on any atom is 0.165 e. The van der Waals surface area contributed by atoms with E-state index >= 15 is 0 Å². The largest absolute Gasteiger partial charge is 0.382 e. The van der Waals surface area contributed by atoms with E-state index in [2.05, 4.69) is 19.9 Å². The number of aliphatic hydroxyl groups is 1. The molecule has 3 N–H and O–H groups in total. The monoisotopic (exact) mass is 294 g/mol. The van der Waals surface area contributed by atoms with E-state index in [0.717, 1.165) is 44.2 Å². The Labute approximate surface area is 121 Å². The van der Waals surface area contributed by atoms with E-state index in [1.54, 1.807) is 18.1 Å². The van der Waals surface area contributed by atoms with Crippen LogP contribution in [0.5, 0.6) is 0 Å². The van der Waals surface area contributed by atoms with Crippen LogP contribution < -0.4 is 5.73 Å². The van der Waals surface area contributed by atoms with Gasteiger partial charge in [0.25, 0.3) is 0 Å². The number of fused-ring (bicyclic) bond motifs is 1. The highest BCUT2D eigenvalue weighted by Gasteiger charge is 2.18. The van der Waals surface area contributed by atoms with Crippen molar-refractivity contribution in [1.82, 2.24) is 24.4 Å². The normalized spacial score (nSPS) is 20.6. The van der Waals surface area contributed by atoms with Crippen LogP contribution in [0.1, 0.15) is 6.42 Å². The first-order valence-corrected chi connectivity index (χ1v) is 7.72. The van der Waals surface area contributed by atoms with Gasteiger partial charge in [-0.05, 0) is 6.42 Å². The van der Waals surface area contributed by atoms with Crippen LogP contribution in [0.2, 0.25) is 0 Å². The number of β-amino-alcohol motifs (C(OH)–C–C–N with tert-alkyl or cyclic N) is 1. The summed E-state index contributed by atoms with van der Waals surface area (Å²) >= 11 is 1.62. The number of hydrogen-bond donors (Lipinski definition) is 2. The van der Waals surface area contributed by atoms with Gasteiger partial charge in [0, 0.05) is 31.9 Å². The predicted octanol–water partition coefficient (Wildman–Crippen LogP) is 0.117. The van der Waals surface area contributed by atoms with Crippen LogP contribution in [0.4, 0.5) is 5.82 Å². The van der Waals surface area contributed by atoms with Gasteiger partial charge in [-0.3, -0.25) is 4.90 Å². The maximum atomic E-state index is 9.61. The Morgan fingerprint density at radius 3 is 3.10 bits per heavy atom. The van der Waals surface area contributed by atoms with Gasteiger partial charge in [0.15, 0.2) is 11.6 Å².